The van der Waals surface area contributed by atoms with E-state index in [4.69, 9.17) is 5.11 Å². The van der Waals surface area contributed by atoms with Crippen LogP contribution < -0.4 is 0 Å². The van der Waals surface area contributed by atoms with Crippen molar-refractivity contribution in [3.63, 3.8) is 0 Å². The fourth-order valence-electron chi connectivity index (χ4n) is 0.704. The highest BCUT2D eigenvalue weighted by Crippen LogP contribution is 2.09. The lowest BCUT2D eigenvalue weighted by Crippen LogP contribution is -2.22. The SMILES string of the molecule is C=CC(O)C1C=CC(=O)O1. The summed E-state index contributed by atoms with van der Waals surface area (Å²) in [5.41, 5.74) is 0. The fraction of sp³-hybridized carbons (Fsp3) is 0.286. The van der Waals surface area contributed by atoms with Crippen molar-refractivity contribution >= 4 is 5.97 Å². The van der Waals surface area contributed by atoms with Gasteiger partial charge in [-0.25, -0.2) is 4.79 Å². The minimum absolute atomic E-state index is 0.411. The molecular formula is C7H8O3. The molecular weight excluding hydrogens is 132 g/mol. The number of ether oxygens (including phenoxy) is 1. The summed E-state index contributed by atoms with van der Waals surface area (Å²) in [5, 5.41) is 9.03. The Hall–Kier alpha value is -1.09. The van der Waals surface area contributed by atoms with Gasteiger partial charge in [0.25, 0.3) is 0 Å². The van der Waals surface area contributed by atoms with Gasteiger partial charge in [0.1, 0.15) is 6.10 Å². The van der Waals surface area contributed by atoms with E-state index in [9.17, 15) is 4.79 Å². The number of esters is 1. The van der Waals surface area contributed by atoms with Crippen LogP contribution in [-0.4, -0.2) is 23.3 Å². The molecule has 1 heterocycles. The van der Waals surface area contributed by atoms with Gasteiger partial charge in [-0.3, -0.25) is 0 Å². The Morgan fingerprint density at radius 2 is 2.60 bits per heavy atom. The van der Waals surface area contributed by atoms with Gasteiger partial charge in [0, 0.05) is 6.08 Å². The zero-order valence-corrected chi connectivity index (χ0v) is 5.36. The summed E-state index contributed by atoms with van der Waals surface area (Å²) in [6, 6.07) is 0. The zero-order chi connectivity index (χ0) is 7.56. The van der Waals surface area contributed by atoms with E-state index in [1.54, 1.807) is 0 Å². The molecule has 0 aromatic carbocycles. The van der Waals surface area contributed by atoms with Crippen LogP contribution in [0.5, 0.6) is 0 Å². The molecule has 3 heteroatoms. The highest BCUT2D eigenvalue weighted by molar-refractivity contribution is 5.84. The molecule has 0 spiro atoms. The van der Waals surface area contributed by atoms with Crippen LogP contribution >= 0.6 is 0 Å². The summed E-state index contributed by atoms with van der Waals surface area (Å²) in [7, 11) is 0. The topological polar surface area (TPSA) is 46.5 Å². The molecule has 2 atom stereocenters. The predicted molar refractivity (Wildman–Crippen MR) is 35.2 cm³/mol. The van der Waals surface area contributed by atoms with E-state index in [-0.39, 0.29) is 0 Å². The fourth-order valence-corrected chi connectivity index (χ4v) is 0.704. The first-order valence-corrected chi connectivity index (χ1v) is 2.93. The molecule has 2 unspecified atom stereocenters. The molecule has 0 bridgehead atoms. The first-order valence-electron chi connectivity index (χ1n) is 2.93. The Labute approximate surface area is 58.6 Å². The lowest BCUT2D eigenvalue weighted by molar-refractivity contribution is -0.141. The minimum Gasteiger partial charge on any atom is -0.452 e. The normalized spacial score (nSPS) is 26.1. The third-order valence-electron chi connectivity index (χ3n) is 1.25. The van der Waals surface area contributed by atoms with Crippen LogP contribution in [0.1, 0.15) is 0 Å². The Morgan fingerprint density at radius 1 is 1.90 bits per heavy atom. The van der Waals surface area contributed by atoms with E-state index in [0.717, 1.165) is 0 Å². The van der Waals surface area contributed by atoms with Crippen LogP contribution in [0.25, 0.3) is 0 Å². The van der Waals surface area contributed by atoms with E-state index >= 15 is 0 Å². The average molecular weight is 140 g/mol. The van der Waals surface area contributed by atoms with E-state index in [2.05, 4.69) is 11.3 Å². The van der Waals surface area contributed by atoms with Gasteiger partial charge in [-0.05, 0) is 6.08 Å². The molecule has 1 aliphatic heterocycles. The van der Waals surface area contributed by atoms with Gasteiger partial charge < -0.3 is 9.84 Å². The molecule has 0 saturated heterocycles. The maximum absolute atomic E-state index is 10.4. The largest absolute Gasteiger partial charge is 0.452 e. The van der Waals surface area contributed by atoms with Crippen molar-refractivity contribution in [1.29, 1.82) is 0 Å². The first kappa shape index (κ1) is 7.02. The minimum atomic E-state index is -0.789. The van der Waals surface area contributed by atoms with Crippen molar-refractivity contribution in [2.45, 2.75) is 12.2 Å². The van der Waals surface area contributed by atoms with Crippen molar-refractivity contribution in [3.05, 3.63) is 24.8 Å². The molecule has 0 aromatic heterocycles. The lowest BCUT2D eigenvalue weighted by atomic mass is 10.2. The van der Waals surface area contributed by atoms with Gasteiger partial charge in [0.15, 0.2) is 6.10 Å². The number of aliphatic hydroxyl groups is 1. The van der Waals surface area contributed by atoms with Crippen molar-refractivity contribution in [2.75, 3.05) is 0 Å². The van der Waals surface area contributed by atoms with Crippen LogP contribution in [0.4, 0.5) is 0 Å². The highest BCUT2D eigenvalue weighted by atomic mass is 16.6. The molecule has 54 valence electrons. The van der Waals surface area contributed by atoms with E-state index < -0.39 is 18.2 Å². The molecule has 0 amide bonds. The summed E-state index contributed by atoms with van der Waals surface area (Å²) in [4.78, 5) is 10.4. The van der Waals surface area contributed by atoms with E-state index in [0.29, 0.717) is 0 Å². The van der Waals surface area contributed by atoms with Gasteiger partial charge in [-0.1, -0.05) is 6.08 Å². The summed E-state index contributed by atoms with van der Waals surface area (Å²) in [6.45, 7) is 3.36. The van der Waals surface area contributed by atoms with Gasteiger partial charge in [0.05, 0.1) is 0 Å². The molecule has 0 radical (unpaired) electrons. The molecule has 0 fully saturated rings. The standard InChI is InChI=1S/C7H8O3/c1-2-5(8)6-3-4-7(9)10-6/h2-6,8H,1H2. The van der Waals surface area contributed by atoms with Crippen LogP contribution in [0.15, 0.2) is 24.8 Å². The lowest BCUT2D eigenvalue weighted by Gasteiger charge is -2.10. The third kappa shape index (κ3) is 1.25. The molecule has 10 heavy (non-hydrogen) atoms. The Balaban J connectivity index is 2.53. The average Bonchev–Trinajstić information content (AvgIpc) is 2.34. The van der Waals surface area contributed by atoms with Crippen LogP contribution in [-0.2, 0) is 9.53 Å². The molecule has 0 aliphatic carbocycles. The zero-order valence-electron chi connectivity index (χ0n) is 5.36. The van der Waals surface area contributed by atoms with Gasteiger partial charge >= 0.3 is 5.97 Å². The Kier molecular flexibility index (Phi) is 1.87. The maximum atomic E-state index is 10.4. The van der Waals surface area contributed by atoms with Crippen molar-refractivity contribution in [1.82, 2.24) is 0 Å². The second-order valence-corrected chi connectivity index (χ2v) is 1.99. The summed E-state index contributed by atoms with van der Waals surface area (Å²) < 4.78 is 4.64. The molecule has 1 N–H and O–H groups in total. The molecule has 3 nitrogen and oxygen atoms in total. The number of aliphatic hydroxyl groups excluding tert-OH is 1. The smallest absolute Gasteiger partial charge is 0.331 e. The Bertz CT molecular complexity index is 183. The number of hydrogen-bond acceptors (Lipinski definition) is 3. The number of cyclic esters (lactones) is 1. The second kappa shape index (κ2) is 2.66. The van der Waals surface area contributed by atoms with Gasteiger partial charge in [-0.15, -0.1) is 6.58 Å². The van der Waals surface area contributed by atoms with Crippen molar-refractivity contribution < 1.29 is 14.6 Å². The van der Waals surface area contributed by atoms with Gasteiger partial charge in [-0.2, -0.15) is 0 Å². The predicted octanol–water partition coefficient (Wildman–Crippen LogP) is 0.0149. The monoisotopic (exact) mass is 140 g/mol. The highest BCUT2D eigenvalue weighted by Gasteiger charge is 2.21. The van der Waals surface area contributed by atoms with Crippen LogP contribution in [0.3, 0.4) is 0 Å². The third-order valence-corrected chi connectivity index (χ3v) is 1.25. The second-order valence-electron chi connectivity index (χ2n) is 1.99. The molecule has 0 saturated carbocycles. The van der Waals surface area contributed by atoms with Crippen LogP contribution in [0, 0.1) is 0 Å². The van der Waals surface area contributed by atoms with Crippen LogP contribution in [0.2, 0.25) is 0 Å². The van der Waals surface area contributed by atoms with E-state index in [1.165, 1.54) is 18.2 Å². The molecule has 0 aromatic rings. The summed E-state index contributed by atoms with van der Waals surface area (Å²) in [5.74, 6) is -0.411. The maximum Gasteiger partial charge on any atom is 0.331 e. The number of rotatable bonds is 2. The van der Waals surface area contributed by atoms with Gasteiger partial charge in [0.2, 0.25) is 0 Å². The molecule has 1 rings (SSSR count). The molecule has 1 aliphatic rings. The van der Waals surface area contributed by atoms with Crippen molar-refractivity contribution in [3.8, 4) is 0 Å². The summed E-state index contributed by atoms with van der Waals surface area (Å²) in [6.07, 6.45) is 2.80. The first-order chi connectivity index (χ1) is 4.74. The summed E-state index contributed by atoms with van der Waals surface area (Å²) >= 11 is 0. The number of carbonyl (C=O) groups is 1. The number of carbonyl (C=O) groups excluding carboxylic acids is 1. The van der Waals surface area contributed by atoms with Crippen molar-refractivity contribution in [2.24, 2.45) is 0 Å². The quantitative estimate of drug-likeness (QED) is 0.434. The van der Waals surface area contributed by atoms with E-state index in [1.807, 2.05) is 0 Å². The number of hydrogen-bond donors (Lipinski definition) is 1. The Morgan fingerprint density at radius 3 is 3.00 bits per heavy atom.